The molecule has 1 rings (SSSR count). The Labute approximate surface area is 101 Å². The fraction of sp³-hybridized carbons (Fsp3) is 0.545. The highest BCUT2D eigenvalue weighted by atomic mass is 16.1. The van der Waals surface area contributed by atoms with E-state index in [1.807, 2.05) is 11.8 Å². The molecule has 1 heterocycles. The van der Waals surface area contributed by atoms with Gasteiger partial charge in [0.2, 0.25) is 5.91 Å². The molecule has 0 aliphatic carbocycles. The predicted molar refractivity (Wildman–Crippen MR) is 67.8 cm³/mol. The van der Waals surface area contributed by atoms with E-state index in [1.54, 1.807) is 7.05 Å². The van der Waals surface area contributed by atoms with E-state index >= 15 is 0 Å². The highest BCUT2D eigenvalue weighted by Gasteiger charge is 2.14. The van der Waals surface area contributed by atoms with Crippen LogP contribution >= 0.6 is 0 Å². The molecule has 6 heteroatoms. The Morgan fingerprint density at radius 3 is 2.82 bits per heavy atom. The first-order chi connectivity index (χ1) is 8.10. The van der Waals surface area contributed by atoms with Gasteiger partial charge >= 0.3 is 0 Å². The average molecular weight is 237 g/mol. The quantitative estimate of drug-likeness (QED) is 0.771. The fourth-order valence-corrected chi connectivity index (χ4v) is 1.55. The van der Waals surface area contributed by atoms with Crippen molar-refractivity contribution in [1.29, 1.82) is 0 Å². The number of nitrogens with one attached hydrogen (secondary N) is 1. The van der Waals surface area contributed by atoms with Gasteiger partial charge in [-0.05, 0) is 13.3 Å². The first-order valence-corrected chi connectivity index (χ1v) is 5.62. The lowest BCUT2D eigenvalue weighted by Gasteiger charge is -2.23. The molecule has 1 aromatic rings. The maximum atomic E-state index is 11.4. The predicted octanol–water partition coefficient (Wildman–Crippen LogP) is 0.330. The van der Waals surface area contributed by atoms with Crippen molar-refractivity contribution in [3.63, 3.8) is 0 Å². The third-order valence-electron chi connectivity index (χ3n) is 2.50. The Bertz CT molecular complexity index is 393. The molecule has 1 aromatic heterocycles. The average Bonchev–Trinajstić information content (AvgIpc) is 2.32. The number of aromatic nitrogens is 2. The van der Waals surface area contributed by atoms with Crippen molar-refractivity contribution in [3.05, 3.63) is 11.9 Å². The van der Waals surface area contributed by atoms with Crippen molar-refractivity contribution < 1.29 is 4.79 Å². The van der Waals surface area contributed by atoms with Crippen LogP contribution in [0, 0.1) is 6.92 Å². The molecular weight excluding hydrogens is 218 g/mol. The Balaban J connectivity index is 2.96. The summed E-state index contributed by atoms with van der Waals surface area (Å²) < 4.78 is 0. The van der Waals surface area contributed by atoms with Crippen LogP contribution in [-0.4, -0.2) is 36.0 Å². The molecule has 0 aliphatic heterocycles. The smallest absolute Gasteiger partial charge is 0.239 e. The Kier molecular flexibility index (Phi) is 4.68. The molecule has 0 saturated heterocycles. The van der Waals surface area contributed by atoms with Crippen LogP contribution in [0.1, 0.15) is 18.9 Å². The third kappa shape index (κ3) is 3.30. The van der Waals surface area contributed by atoms with Crippen molar-refractivity contribution in [2.45, 2.75) is 20.3 Å². The summed E-state index contributed by atoms with van der Waals surface area (Å²) in [7, 11) is 1.62. The Morgan fingerprint density at radius 2 is 2.24 bits per heavy atom. The molecule has 17 heavy (non-hydrogen) atoms. The number of nitrogens with two attached hydrogens (primary N) is 1. The number of nitrogen functional groups attached to an aromatic ring is 1. The van der Waals surface area contributed by atoms with Crippen LogP contribution < -0.4 is 16.0 Å². The van der Waals surface area contributed by atoms with Crippen LogP contribution in [0.3, 0.4) is 0 Å². The van der Waals surface area contributed by atoms with E-state index in [4.69, 9.17) is 5.73 Å². The maximum Gasteiger partial charge on any atom is 0.239 e. The van der Waals surface area contributed by atoms with E-state index in [1.165, 1.54) is 6.33 Å². The standard InChI is InChI=1S/C11H19N5O/c1-4-5-16(6-9(17)13-3)11-8(2)10(12)14-7-15-11/h7H,4-6H2,1-3H3,(H,13,17)(H2,12,14,15). The minimum Gasteiger partial charge on any atom is -0.383 e. The van der Waals surface area contributed by atoms with Crippen molar-refractivity contribution in [2.24, 2.45) is 0 Å². The van der Waals surface area contributed by atoms with Crippen LogP contribution in [0.2, 0.25) is 0 Å². The first kappa shape index (κ1) is 13.2. The molecule has 0 aromatic carbocycles. The van der Waals surface area contributed by atoms with Gasteiger partial charge in [0.25, 0.3) is 0 Å². The van der Waals surface area contributed by atoms with E-state index in [9.17, 15) is 4.79 Å². The van der Waals surface area contributed by atoms with Gasteiger partial charge in [0, 0.05) is 19.2 Å². The number of carbonyl (C=O) groups excluding carboxylic acids is 1. The topological polar surface area (TPSA) is 84.1 Å². The van der Waals surface area contributed by atoms with Gasteiger partial charge < -0.3 is 16.0 Å². The number of rotatable bonds is 5. The molecule has 0 unspecified atom stereocenters. The lowest BCUT2D eigenvalue weighted by atomic mass is 10.2. The Hall–Kier alpha value is -1.85. The second kappa shape index (κ2) is 6.03. The monoisotopic (exact) mass is 237 g/mol. The number of hydrogen-bond donors (Lipinski definition) is 2. The molecule has 3 N–H and O–H groups in total. The lowest BCUT2D eigenvalue weighted by Crippen LogP contribution is -2.37. The number of likely N-dealkylation sites (N-methyl/N-ethyl adjacent to an activating group) is 1. The molecule has 0 atom stereocenters. The van der Waals surface area contributed by atoms with Gasteiger partial charge in [0.15, 0.2) is 0 Å². The van der Waals surface area contributed by atoms with E-state index in [0.29, 0.717) is 5.82 Å². The highest BCUT2D eigenvalue weighted by Crippen LogP contribution is 2.19. The van der Waals surface area contributed by atoms with Crippen molar-refractivity contribution >= 4 is 17.5 Å². The van der Waals surface area contributed by atoms with E-state index < -0.39 is 0 Å². The minimum absolute atomic E-state index is 0.0463. The van der Waals surface area contributed by atoms with Crippen LogP contribution in [0.15, 0.2) is 6.33 Å². The summed E-state index contributed by atoms with van der Waals surface area (Å²) in [5, 5.41) is 2.60. The summed E-state index contributed by atoms with van der Waals surface area (Å²) in [6.45, 7) is 4.94. The second-order valence-corrected chi connectivity index (χ2v) is 3.80. The number of nitrogens with zero attached hydrogens (tertiary/aromatic N) is 3. The molecular formula is C11H19N5O. The van der Waals surface area contributed by atoms with Crippen molar-refractivity contribution in [3.8, 4) is 0 Å². The molecule has 0 radical (unpaired) electrons. The van der Waals surface area contributed by atoms with E-state index in [-0.39, 0.29) is 12.5 Å². The normalized spacial score (nSPS) is 10.1. The van der Waals surface area contributed by atoms with Crippen molar-refractivity contribution in [2.75, 3.05) is 30.8 Å². The largest absolute Gasteiger partial charge is 0.383 e. The number of carbonyl (C=O) groups is 1. The summed E-state index contributed by atoms with van der Waals surface area (Å²) >= 11 is 0. The van der Waals surface area contributed by atoms with Gasteiger partial charge in [-0.25, -0.2) is 9.97 Å². The van der Waals surface area contributed by atoms with Crippen LogP contribution in [0.4, 0.5) is 11.6 Å². The third-order valence-corrected chi connectivity index (χ3v) is 2.50. The first-order valence-electron chi connectivity index (χ1n) is 5.62. The molecule has 0 fully saturated rings. The van der Waals surface area contributed by atoms with Gasteiger partial charge in [-0.1, -0.05) is 6.92 Å². The number of anilines is 2. The van der Waals surface area contributed by atoms with Gasteiger partial charge in [0.1, 0.15) is 18.0 Å². The minimum atomic E-state index is -0.0463. The second-order valence-electron chi connectivity index (χ2n) is 3.80. The zero-order chi connectivity index (χ0) is 12.8. The van der Waals surface area contributed by atoms with Gasteiger partial charge in [-0.15, -0.1) is 0 Å². The Morgan fingerprint density at radius 1 is 1.53 bits per heavy atom. The van der Waals surface area contributed by atoms with Gasteiger partial charge in [0.05, 0.1) is 6.54 Å². The summed E-state index contributed by atoms with van der Waals surface area (Å²) in [6, 6.07) is 0. The zero-order valence-electron chi connectivity index (χ0n) is 10.5. The highest BCUT2D eigenvalue weighted by molar-refractivity contribution is 5.81. The summed E-state index contributed by atoms with van der Waals surface area (Å²) in [4.78, 5) is 21.5. The van der Waals surface area contributed by atoms with Crippen LogP contribution in [0.5, 0.6) is 0 Å². The maximum absolute atomic E-state index is 11.4. The summed E-state index contributed by atoms with van der Waals surface area (Å²) in [6.07, 6.45) is 2.35. The van der Waals surface area contributed by atoms with Crippen LogP contribution in [-0.2, 0) is 4.79 Å². The molecule has 0 aliphatic rings. The molecule has 0 spiro atoms. The van der Waals surface area contributed by atoms with E-state index in [0.717, 1.165) is 24.3 Å². The molecule has 0 bridgehead atoms. The molecule has 1 amide bonds. The van der Waals surface area contributed by atoms with Crippen LogP contribution in [0.25, 0.3) is 0 Å². The fourth-order valence-electron chi connectivity index (χ4n) is 1.55. The lowest BCUT2D eigenvalue weighted by molar-refractivity contribution is -0.119. The summed E-state index contributed by atoms with van der Waals surface area (Å²) in [5.74, 6) is 1.13. The van der Waals surface area contributed by atoms with Crippen molar-refractivity contribution in [1.82, 2.24) is 15.3 Å². The summed E-state index contributed by atoms with van der Waals surface area (Å²) in [5.41, 5.74) is 6.55. The molecule has 94 valence electrons. The molecule has 0 saturated carbocycles. The van der Waals surface area contributed by atoms with Gasteiger partial charge in [-0.3, -0.25) is 4.79 Å². The number of amides is 1. The van der Waals surface area contributed by atoms with Gasteiger partial charge in [-0.2, -0.15) is 0 Å². The zero-order valence-corrected chi connectivity index (χ0v) is 10.5. The van der Waals surface area contributed by atoms with E-state index in [2.05, 4.69) is 22.2 Å². The number of hydrogen-bond acceptors (Lipinski definition) is 5. The molecule has 6 nitrogen and oxygen atoms in total. The SMILES string of the molecule is CCCN(CC(=O)NC)c1ncnc(N)c1C.